The molecule has 1 aromatic carbocycles. The van der Waals surface area contributed by atoms with Crippen molar-refractivity contribution >= 4 is 5.69 Å². The highest BCUT2D eigenvalue weighted by Gasteiger charge is 2.07. The van der Waals surface area contributed by atoms with Crippen molar-refractivity contribution in [1.29, 1.82) is 0 Å². The molecule has 0 amide bonds. The van der Waals surface area contributed by atoms with E-state index in [2.05, 4.69) is 5.18 Å². The van der Waals surface area contributed by atoms with E-state index >= 15 is 0 Å². The van der Waals surface area contributed by atoms with Crippen LogP contribution in [0.5, 0.6) is 0 Å². The first kappa shape index (κ1) is 7.84. The summed E-state index contributed by atoms with van der Waals surface area (Å²) in [6, 6.07) is 6.05. The van der Waals surface area contributed by atoms with Gasteiger partial charge >= 0.3 is 0 Å². The SMILES string of the molecule is O=Nc1ccccc1C(O)O. The normalized spacial score (nSPS) is 10.1. The van der Waals surface area contributed by atoms with Crippen molar-refractivity contribution in [2.75, 3.05) is 0 Å². The Hall–Kier alpha value is -1.26. The summed E-state index contributed by atoms with van der Waals surface area (Å²) in [4.78, 5) is 10.1. The zero-order chi connectivity index (χ0) is 8.27. The van der Waals surface area contributed by atoms with E-state index in [4.69, 9.17) is 10.2 Å². The van der Waals surface area contributed by atoms with Crippen LogP contribution in [0.25, 0.3) is 0 Å². The summed E-state index contributed by atoms with van der Waals surface area (Å²) in [5, 5.41) is 20.0. The fourth-order valence-corrected chi connectivity index (χ4v) is 0.789. The molecule has 0 bridgehead atoms. The van der Waals surface area contributed by atoms with Gasteiger partial charge in [-0.05, 0) is 11.2 Å². The summed E-state index contributed by atoms with van der Waals surface area (Å²) in [6.45, 7) is 0. The lowest BCUT2D eigenvalue weighted by Crippen LogP contribution is -1.93. The van der Waals surface area contributed by atoms with Crippen LogP contribution in [0.15, 0.2) is 29.4 Å². The van der Waals surface area contributed by atoms with Gasteiger partial charge in [0, 0.05) is 5.56 Å². The van der Waals surface area contributed by atoms with Gasteiger partial charge in [0.15, 0.2) is 6.29 Å². The molecule has 2 N–H and O–H groups in total. The zero-order valence-electron chi connectivity index (χ0n) is 5.64. The summed E-state index contributed by atoms with van der Waals surface area (Å²) >= 11 is 0. The molecule has 4 heteroatoms. The highest BCUT2D eigenvalue weighted by Crippen LogP contribution is 2.22. The van der Waals surface area contributed by atoms with Gasteiger partial charge in [0.05, 0.1) is 0 Å². The quantitative estimate of drug-likeness (QED) is 0.493. The minimum Gasteiger partial charge on any atom is -0.364 e. The molecule has 0 aromatic heterocycles. The summed E-state index contributed by atoms with van der Waals surface area (Å²) in [7, 11) is 0. The number of aliphatic hydroxyl groups is 2. The van der Waals surface area contributed by atoms with E-state index in [0.717, 1.165) is 0 Å². The molecule has 0 saturated heterocycles. The lowest BCUT2D eigenvalue weighted by atomic mass is 10.2. The molecule has 0 fully saturated rings. The molecule has 0 unspecified atom stereocenters. The predicted molar refractivity (Wildman–Crippen MR) is 39.1 cm³/mol. The number of aliphatic hydroxyl groups excluding tert-OH is 1. The standard InChI is InChI=1S/C7H7NO3/c9-7(10)5-3-1-2-4-6(5)8-11/h1-4,7,9-10H. The number of benzene rings is 1. The summed E-state index contributed by atoms with van der Waals surface area (Å²) in [5.74, 6) is 0. The second kappa shape index (κ2) is 3.23. The first-order valence-corrected chi connectivity index (χ1v) is 3.04. The number of hydrogen-bond donors (Lipinski definition) is 2. The monoisotopic (exact) mass is 153 g/mol. The third-order valence-electron chi connectivity index (χ3n) is 1.31. The van der Waals surface area contributed by atoms with Crippen molar-refractivity contribution in [2.45, 2.75) is 6.29 Å². The van der Waals surface area contributed by atoms with Crippen molar-refractivity contribution in [3.05, 3.63) is 34.7 Å². The summed E-state index contributed by atoms with van der Waals surface area (Å²) in [6.07, 6.45) is -1.64. The molecule has 0 aliphatic rings. The molecule has 4 nitrogen and oxygen atoms in total. The number of rotatable bonds is 2. The maximum absolute atomic E-state index is 10.1. The average Bonchev–Trinajstić information content (AvgIpc) is 2.04. The van der Waals surface area contributed by atoms with Gasteiger partial charge in [-0.25, -0.2) is 0 Å². The topological polar surface area (TPSA) is 69.9 Å². The molecule has 0 atom stereocenters. The lowest BCUT2D eigenvalue weighted by molar-refractivity contribution is -0.0419. The molecule has 0 saturated carbocycles. The van der Waals surface area contributed by atoms with Crippen LogP contribution in [-0.4, -0.2) is 10.2 Å². The number of nitrogens with zero attached hydrogens (tertiary/aromatic N) is 1. The predicted octanol–water partition coefficient (Wildman–Crippen LogP) is 1.07. The van der Waals surface area contributed by atoms with Crippen molar-refractivity contribution in [1.82, 2.24) is 0 Å². The highest BCUT2D eigenvalue weighted by molar-refractivity contribution is 5.45. The van der Waals surface area contributed by atoms with Gasteiger partial charge in [-0.1, -0.05) is 18.2 Å². The van der Waals surface area contributed by atoms with Crippen LogP contribution in [-0.2, 0) is 0 Å². The van der Waals surface area contributed by atoms with Crippen LogP contribution < -0.4 is 0 Å². The van der Waals surface area contributed by atoms with Crippen LogP contribution >= 0.6 is 0 Å². The molecule has 11 heavy (non-hydrogen) atoms. The van der Waals surface area contributed by atoms with Gasteiger partial charge in [0.2, 0.25) is 0 Å². The van der Waals surface area contributed by atoms with E-state index in [-0.39, 0.29) is 11.3 Å². The fraction of sp³-hybridized carbons (Fsp3) is 0.143. The Bertz CT molecular complexity index is 260. The van der Waals surface area contributed by atoms with Crippen molar-refractivity contribution in [2.24, 2.45) is 5.18 Å². The molecular formula is C7H7NO3. The van der Waals surface area contributed by atoms with Gasteiger partial charge in [-0.2, -0.15) is 0 Å². The molecule has 58 valence electrons. The van der Waals surface area contributed by atoms with Crippen LogP contribution in [0.1, 0.15) is 11.9 Å². The first-order valence-electron chi connectivity index (χ1n) is 3.04. The van der Waals surface area contributed by atoms with Crippen molar-refractivity contribution in [3.63, 3.8) is 0 Å². The van der Waals surface area contributed by atoms with E-state index in [1.165, 1.54) is 12.1 Å². The molecule has 0 aliphatic carbocycles. The van der Waals surface area contributed by atoms with E-state index < -0.39 is 6.29 Å². The largest absolute Gasteiger partial charge is 0.364 e. The van der Waals surface area contributed by atoms with Crippen LogP contribution in [0.4, 0.5) is 5.69 Å². The number of hydrogen-bond acceptors (Lipinski definition) is 4. The van der Waals surface area contributed by atoms with E-state index in [1.54, 1.807) is 12.1 Å². The fourth-order valence-electron chi connectivity index (χ4n) is 0.789. The van der Waals surface area contributed by atoms with Crippen LogP contribution in [0.2, 0.25) is 0 Å². The zero-order valence-corrected chi connectivity index (χ0v) is 5.64. The third kappa shape index (κ3) is 1.60. The molecule has 1 rings (SSSR count). The Morgan fingerprint density at radius 3 is 2.36 bits per heavy atom. The molecule has 1 aromatic rings. The Kier molecular flexibility index (Phi) is 2.30. The smallest absolute Gasteiger partial charge is 0.180 e. The highest BCUT2D eigenvalue weighted by atomic mass is 16.5. The molecule has 0 aliphatic heterocycles. The molecule has 0 radical (unpaired) electrons. The Morgan fingerprint density at radius 2 is 1.91 bits per heavy atom. The molecule has 0 heterocycles. The van der Waals surface area contributed by atoms with Gasteiger partial charge in [-0.3, -0.25) is 0 Å². The minimum atomic E-state index is -1.64. The number of nitroso groups, excluding NO2 is 1. The third-order valence-corrected chi connectivity index (χ3v) is 1.31. The Balaban J connectivity index is 3.12. The molecular weight excluding hydrogens is 146 g/mol. The van der Waals surface area contributed by atoms with Crippen LogP contribution in [0, 0.1) is 4.91 Å². The second-order valence-electron chi connectivity index (χ2n) is 2.02. The van der Waals surface area contributed by atoms with Crippen LogP contribution in [0.3, 0.4) is 0 Å². The van der Waals surface area contributed by atoms with Crippen molar-refractivity contribution < 1.29 is 10.2 Å². The second-order valence-corrected chi connectivity index (χ2v) is 2.02. The van der Waals surface area contributed by atoms with Gasteiger partial charge in [0.25, 0.3) is 0 Å². The maximum Gasteiger partial charge on any atom is 0.180 e. The Morgan fingerprint density at radius 1 is 1.27 bits per heavy atom. The Labute approximate surface area is 63.1 Å². The summed E-state index contributed by atoms with van der Waals surface area (Å²) in [5.41, 5.74) is 0.185. The average molecular weight is 153 g/mol. The van der Waals surface area contributed by atoms with E-state index in [9.17, 15) is 4.91 Å². The van der Waals surface area contributed by atoms with E-state index in [1.807, 2.05) is 0 Å². The van der Waals surface area contributed by atoms with Gasteiger partial charge < -0.3 is 10.2 Å². The molecule has 0 spiro atoms. The minimum absolute atomic E-state index is 0.0579. The maximum atomic E-state index is 10.1. The summed E-state index contributed by atoms with van der Waals surface area (Å²) < 4.78 is 0. The van der Waals surface area contributed by atoms with Gasteiger partial charge in [-0.15, -0.1) is 4.91 Å². The van der Waals surface area contributed by atoms with E-state index in [0.29, 0.717) is 0 Å². The lowest BCUT2D eigenvalue weighted by Gasteiger charge is -2.03. The van der Waals surface area contributed by atoms with Gasteiger partial charge in [0.1, 0.15) is 5.69 Å². The van der Waals surface area contributed by atoms with Crippen molar-refractivity contribution in [3.8, 4) is 0 Å². The first-order chi connectivity index (χ1) is 5.25.